The van der Waals surface area contributed by atoms with Crippen LogP contribution >= 0.6 is 27.3 Å². The van der Waals surface area contributed by atoms with Gasteiger partial charge in [-0.3, -0.25) is 9.59 Å². The lowest BCUT2D eigenvalue weighted by atomic mass is 9.94. The zero-order valence-corrected chi connectivity index (χ0v) is 20.2. The number of benzene rings is 1. The molecule has 0 bridgehead atoms. The summed E-state index contributed by atoms with van der Waals surface area (Å²) in [5, 5.41) is 21.8. The van der Waals surface area contributed by atoms with Crippen molar-refractivity contribution in [3.8, 4) is 11.5 Å². The molecule has 32 heavy (non-hydrogen) atoms. The Morgan fingerprint density at radius 1 is 1.38 bits per heavy atom. The number of ketones is 1. The van der Waals surface area contributed by atoms with E-state index in [1.54, 1.807) is 26.0 Å². The topological polar surface area (TPSA) is 109 Å². The van der Waals surface area contributed by atoms with Crippen LogP contribution in [0.4, 0.5) is 0 Å². The monoisotopic (exact) mass is 522 g/mol. The number of thiazole rings is 1. The highest BCUT2D eigenvalue weighted by Gasteiger charge is 2.45. The summed E-state index contributed by atoms with van der Waals surface area (Å²) in [7, 11) is 1.41. The van der Waals surface area contributed by atoms with Crippen molar-refractivity contribution in [2.24, 2.45) is 0 Å². The van der Waals surface area contributed by atoms with Gasteiger partial charge in [-0.05, 0) is 60.3 Å². The summed E-state index contributed by atoms with van der Waals surface area (Å²) in [6.45, 7) is 4.36. The molecule has 1 saturated heterocycles. The minimum absolute atomic E-state index is 0.0145. The number of carbonyl (C=O) groups is 2. The minimum atomic E-state index is -0.869. The van der Waals surface area contributed by atoms with E-state index in [2.05, 4.69) is 20.9 Å². The Hall–Kier alpha value is -2.43. The number of phenols is 1. The number of aromatic nitrogens is 1. The van der Waals surface area contributed by atoms with E-state index < -0.39 is 23.5 Å². The zero-order chi connectivity index (χ0) is 23.2. The highest BCUT2D eigenvalue weighted by Crippen LogP contribution is 2.45. The molecular weight excluding hydrogens is 500 g/mol. The van der Waals surface area contributed by atoms with Crippen molar-refractivity contribution in [2.45, 2.75) is 38.8 Å². The van der Waals surface area contributed by atoms with Crippen LogP contribution in [-0.4, -0.2) is 58.2 Å². The lowest BCUT2D eigenvalue weighted by molar-refractivity contribution is -0.131. The highest BCUT2D eigenvalue weighted by molar-refractivity contribution is 9.10. The molecule has 2 aromatic rings. The molecule has 1 aromatic carbocycles. The van der Waals surface area contributed by atoms with Crippen LogP contribution in [0, 0.1) is 13.8 Å². The predicted molar refractivity (Wildman–Crippen MR) is 121 cm³/mol. The maximum absolute atomic E-state index is 13.6. The molecule has 1 aromatic heterocycles. The molecule has 3 heterocycles. The summed E-state index contributed by atoms with van der Waals surface area (Å²) in [5.41, 5.74) is 1.05. The molecule has 2 aliphatic rings. The lowest BCUT2D eigenvalue weighted by Crippen LogP contribution is -2.37. The number of aromatic hydroxyl groups is 1. The van der Waals surface area contributed by atoms with Crippen LogP contribution < -0.4 is 4.74 Å². The molecule has 2 N–H and O–H groups in total. The van der Waals surface area contributed by atoms with Crippen molar-refractivity contribution in [3.63, 3.8) is 0 Å². The molecule has 0 spiro atoms. The number of amides is 1. The number of hydrogen-bond acceptors (Lipinski definition) is 8. The van der Waals surface area contributed by atoms with Gasteiger partial charge >= 0.3 is 0 Å². The molecule has 1 amide bonds. The number of hydrogen-bond donors (Lipinski definition) is 2. The second-order valence-corrected chi connectivity index (χ2v) is 9.85. The normalized spacial score (nSPS) is 21.0. The largest absolute Gasteiger partial charge is 0.503 e. The molecule has 2 unspecified atom stereocenters. The van der Waals surface area contributed by atoms with Gasteiger partial charge in [-0.2, -0.15) is 0 Å². The molecule has 4 rings (SSSR count). The van der Waals surface area contributed by atoms with Crippen molar-refractivity contribution < 1.29 is 29.3 Å². The number of aryl methyl sites for hydroxylation is 2. The summed E-state index contributed by atoms with van der Waals surface area (Å²) >= 11 is 4.53. The summed E-state index contributed by atoms with van der Waals surface area (Å²) in [5.74, 6) is -1.56. The van der Waals surface area contributed by atoms with Crippen LogP contribution in [0.15, 0.2) is 27.9 Å². The first-order chi connectivity index (χ1) is 15.2. The number of methoxy groups -OCH3 is 1. The molecule has 2 aliphatic heterocycles. The van der Waals surface area contributed by atoms with Crippen molar-refractivity contribution in [1.82, 2.24) is 9.88 Å². The van der Waals surface area contributed by atoms with Gasteiger partial charge < -0.3 is 24.6 Å². The van der Waals surface area contributed by atoms with Crippen LogP contribution in [0.25, 0.3) is 0 Å². The fourth-order valence-corrected chi connectivity index (χ4v) is 5.53. The number of aliphatic hydroxyl groups excluding tert-OH is 1. The van der Waals surface area contributed by atoms with Crippen LogP contribution in [0.2, 0.25) is 0 Å². The SMILES string of the molecule is COc1cc(C2C(C(=O)c3sc(C)nc3C)=C(O)C(=O)N2CC2CCCO2)cc(Br)c1O. The third-order valence-electron chi connectivity index (χ3n) is 5.67. The van der Waals surface area contributed by atoms with E-state index in [1.165, 1.54) is 23.3 Å². The van der Waals surface area contributed by atoms with E-state index in [4.69, 9.17) is 9.47 Å². The number of nitrogens with zero attached hydrogens (tertiary/aromatic N) is 2. The molecule has 0 aliphatic carbocycles. The average molecular weight is 523 g/mol. The number of halogens is 1. The lowest BCUT2D eigenvalue weighted by Gasteiger charge is -2.29. The van der Waals surface area contributed by atoms with Gasteiger partial charge in [0.25, 0.3) is 5.91 Å². The molecule has 1 fully saturated rings. The maximum Gasteiger partial charge on any atom is 0.290 e. The van der Waals surface area contributed by atoms with Gasteiger partial charge in [-0.1, -0.05) is 0 Å². The second-order valence-electron chi connectivity index (χ2n) is 7.79. The molecule has 2 atom stereocenters. The first-order valence-corrected chi connectivity index (χ1v) is 11.7. The molecule has 170 valence electrons. The number of ether oxygens (including phenoxy) is 2. The Morgan fingerprint density at radius 2 is 2.12 bits per heavy atom. The molecule has 10 heteroatoms. The quantitative estimate of drug-likeness (QED) is 0.551. The highest BCUT2D eigenvalue weighted by atomic mass is 79.9. The van der Waals surface area contributed by atoms with Crippen molar-refractivity contribution >= 4 is 39.0 Å². The first-order valence-electron chi connectivity index (χ1n) is 10.1. The number of Topliss-reactive ketones (excluding diaryl/α,β-unsaturated/α-hetero) is 1. The number of rotatable bonds is 6. The molecule has 0 radical (unpaired) electrons. The third-order valence-corrected chi connectivity index (χ3v) is 7.34. The Labute approximate surface area is 197 Å². The van der Waals surface area contributed by atoms with Crippen LogP contribution in [0.5, 0.6) is 11.5 Å². The van der Waals surface area contributed by atoms with E-state index in [1.807, 2.05) is 0 Å². The zero-order valence-electron chi connectivity index (χ0n) is 17.8. The van der Waals surface area contributed by atoms with Gasteiger partial charge in [0.15, 0.2) is 17.3 Å². The Kier molecular flexibility index (Phi) is 6.28. The molecular formula is C22H23BrN2O6S. The number of phenolic OH excluding ortho intramolecular Hbond substituents is 1. The Morgan fingerprint density at radius 3 is 2.72 bits per heavy atom. The van der Waals surface area contributed by atoms with E-state index >= 15 is 0 Å². The van der Waals surface area contributed by atoms with Crippen LogP contribution in [-0.2, 0) is 9.53 Å². The summed E-state index contributed by atoms with van der Waals surface area (Å²) in [6.07, 6.45) is 1.50. The maximum atomic E-state index is 13.6. The van der Waals surface area contributed by atoms with Gasteiger partial charge in [0, 0.05) is 13.2 Å². The minimum Gasteiger partial charge on any atom is -0.503 e. The fraction of sp³-hybridized carbons (Fsp3) is 0.409. The smallest absolute Gasteiger partial charge is 0.290 e. The molecule has 0 saturated carbocycles. The first kappa shape index (κ1) is 22.8. The van der Waals surface area contributed by atoms with Crippen molar-refractivity contribution in [2.75, 3.05) is 20.3 Å². The standard InChI is InChI=1S/C22H23BrN2O6S/c1-10-21(32-11(2)24-10)19(27)16-17(12-7-14(23)18(26)15(8-12)30-3)25(22(29)20(16)28)9-13-5-4-6-31-13/h7-8,13,17,26,28H,4-6,9H2,1-3H3. The predicted octanol–water partition coefficient (Wildman–Crippen LogP) is 3.99. The van der Waals surface area contributed by atoms with Crippen molar-refractivity contribution in [3.05, 3.63) is 49.1 Å². The van der Waals surface area contributed by atoms with E-state index in [9.17, 15) is 19.8 Å². The summed E-state index contributed by atoms with van der Waals surface area (Å²) in [6, 6.07) is 2.32. The van der Waals surface area contributed by atoms with Gasteiger partial charge in [0.2, 0.25) is 5.78 Å². The van der Waals surface area contributed by atoms with Crippen LogP contribution in [0.1, 0.15) is 44.8 Å². The summed E-state index contributed by atoms with van der Waals surface area (Å²) < 4.78 is 11.3. The fourth-order valence-electron chi connectivity index (χ4n) is 4.20. The Bertz CT molecular complexity index is 1120. The van der Waals surface area contributed by atoms with E-state index in [0.717, 1.165) is 17.8 Å². The van der Waals surface area contributed by atoms with Gasteiger partial charge in [0.1, 0.15) is 0 Å². The van der Waals surface area contributed by atoms with Crippen LogP contribution in [0.3, 0.4) is 0 Å². The average Bonchev–Trinajstić information content (AvgIpc) is 3.45. The van der Waals surface area contributed by atoms with Gasteiger partial charge in [-0.15, -0.1) is 11.3 Å². The molecule has 8 nitrogen and oxygen atoms in total. The third kappa shape index (κ3) is 3.91. The Balaban J connectivity index is 1.84. The number of aliphatic hydroxyl groups is 1. The second kappa shape index (κ2) is 8.84. The van der Waals surface area contributed by atoms with E-state index in [0.29, 0.717) is 27.2 Å². The summed E-state index contributed by atoms with van der Waals surface area (Å²) in [4.78, 5) is 32.8. The number of carbonyl (C=O) groups excluding carboxylic acids is 2. The van der Waals surface area contributed by atoms with Gasteiger partial charge in [-0.25, -0.2) is 4.98 Å². The van der Waals surface area contributed by atoms with E-state index in [-0.39, 0.29) is 29.7 Å². The van der Waals surface area contributed by atoms with Gasteiger partial charge in [0.05, 0.1) is 44.9 Å². The van der Waals surface area contributed by atoms with Crippen molar-refractivity contribution in [1.29, 1.82) is 0 Å².